The van der Waals surface area contributed by atoms with E-state index in [0.717, 1.165) is 32.6 Å². The first-order valence-electron chi connectivity index (χ1n) is 5.24. The third-order valence-electron chi connectivity index (χ3n) is 2.53. The molecule has 0 aliphatic carbocycles. The summed E-state index contributed by atoms with van der Waals surface area (Å²) in [7, 11) is 1.40. The number of hydrogen-bond acceptors (Lipinski definition) is 4. The lowest BCUT2D eigenvalue weighted by Crippen LogP contribution is -2.31. The molecule has 0 bridgehead atoms. The number of nitrogens with one attached hydrogen (secondary N) is 1. The SMILES string of the molecule is COC(=O)C(Br)CNCCC1CCOC1. The first-order valence-corrected chi connectivity index (χ1v) is 6.16. The number of rotatable bonds is 6. The molecule has 1 aliphatic rings. The number of esters is 1. The number of ether oxygens (including phenoxy) is 2. The van der Waals surface area contributed by atoms with E-state index >= 15 is 0 Å². The lowest BCUT2D eigenvalue weighted by Gasteiger charge is -2.11. The van der Waals surface area contributed by atoms with E-state index in [1.54, 1.807) is 0 Å². The number of carbonyl (C=O) groups is 1. The number of alkyl halides is 1. The fraction of sp³-hybridized carbons (Fsp3) is 0.900. The number of carbonyl (C=O) groups excluding carboxylic acids is 1. The Morgan fingerprint density at radius 3 is 3.13 bits per heavy atom. The van der Waals surface area contributed by atoms with Crippen LogP contribution in [0, 0.1) is 5.92 Å². The van der Waals surface area contributed by atoms with E-state index in [1.807, 2.05) is 0 Å². The molecule has 88 valence electrons. The summed E-state index contributed by atoms with van der Waals surface area (Å²) in [6.07, 6.45) is 2.28. The molecule has 1 aliphatic heterocycles. The van der Waals surface area contributed by atoms with E-state index in [0.29, 0.717) is 12.5 Å². The molecule has 0 radical (unpaired) electrons. The summed E-state index contributed by atoms with van der Waals surface area (Å²) < 4.78 is 9.88. The summed E-state index contributed by atoms with van der Waals surface area (Å²) in [6.45, 7) is 3.32. The van der Waals surface area contributed by atoms with Crippen LogP contribution < -0.4 is 5.32 Å². The van der Waals surface area contributed by atoms with Gasteiger partial charge in [0.05, 0.1) is 7.11 Å². The zero-order valence-electron chi connectivity index (χ0n) is 9.00. The van der Waals surface area contributed by atoms with Gasteiger partial charge < -0.3 is 14.8 Å². The molecule has 4 nitrogen and oxygen atoms in total. The molecule has 0 aromatic rings. The molecule has 0 aromatic carbocycles. The summed E-state index contributed by atoms with van der Waals surface area (Å²) in [5.41, 5.74) is 0. The quantitative estimate of drug-likeness (QED) is 0.447. The van der Waals surface area contributed by atoms with E-state index in [1.165, 1.54) is 7.11 Å². The minimum Gasteiger partial charge on any atom is -0.468 e. The van der Waals surface area contributed by atoms with Crippen LogP contribution >= 0.6 is 15.9 Å². The van der Waals surface area contributed by atoms with Crippen LogP contribution in [0.15, 0.2) is 0 Å². The number of hydrogen-bond donors (Lipinski definition) is 1. The van der Waals surface area contributed by atoms with Crippen LogP contribution in [0.25, 0.3) is 0 Å². The van der Waals surface area contributed by atoms with Gasteiger partial charge in [-0.3, -0.25) is 4.79 Å². The molecule has 0 aromatic heterocycles. The Kier molecular flexibility index (Phi) is 6.20. The molecule has 1 rings (SSSR count). The van der Waals surface area contributed by atoms with Gasteiger partial charge in [-0.2, -0.15) is 0 Å². The molecular formula is C10H18BrNO3. The largest absolute Gasteiger partial charge is 0.468 e. The van der Waals surface area contributed by atoms with Gasteiger partial charge in [0.25, 0.3) is 0 Å². The summed E-state index contributed by atoms with van der Waals surface area (Å²) >= 11 is 3.26. The predicted molar refractivity (Wildman–Crippen MR) is 61.1 cm³/mol. The highest BCUT2D eigenvalue weighted by Gasteiger charge is 2.16. The van der Waals surface area contributed by atoms with Gasteiger partial charge in [-0.15, -0.1) is 0 Å². The topological polar surface area (TPSA) is 47.6 Å². The van der Waals surface area contributed by atoms with Crippen molar-refractivity contribution in [1.29, 1.82) is 0 Å². The van der Waals surface area contributed by atoms with Crippen molar-refractivity contribution in [3.05, 3.63) is 0 Å². The Morgan fingerprint density at radius 2 is 2.53 bits per heavy atom. The predicted octanol–water partition coefficient (Wildman–Crippen LogP) is 0.939. The number of halogens is 1. The summed E-state index contributed by atoms with van der Waals surface area (Å²) in [4.78, 5) is 10.8. The second-order valence-electron chi connectivity index (χ2n) is 3.71. The fourth-order valence-electron chi connectivity index (χ4n) is 1.56. The van der Waals surface area contributed by atoms with E-state index in [4.69, 9.17) is 4.74 Å². The molecule has 0 spiro atoms. The van der Waals surface area contributed by atoms with Crippen molar-refractivity contribution in [3.8, 4) is 0 Å². The Labute approximate surface area is 98.8 Å². The van der Waals surface area contributed by atoms with Gasteiger partial charge in [-0.1, -0.05) is 15.9 Å². The second-order valence-corrected chi connectivity index (χ2v) is 4.82. The molecule has 1 saturated heterocycles. The minimum atomic E-state index is -0.248. The highest BCUT2D eigenvalue weighted by molar-refractivity contribution is 9.10. The first kappa shape index (κ1) is 12.9. The van der Waals surface area contributed by atoms with Crippen LogP contribution in [0.2, 0.25) is 0 Å². The average Bonchev–Trinajstić information content (AvgIpc) is 2.75. The minimum absolute atomic E-state index is 0.230. The molecule has 0 saturated carbocycles. The molecule has 1 N–H and O–H groups in total. The second kappa shape index (κ2) is 7.19. The van der Waals surface area contributed by atoms with Gasteiger partial charge in [-0.25, -0.2) is 0 Å². The van der Waals surface area contributed by atoms with Crippen molar-refractivity contribution >= 4 is 21.9 Å². The van der Waals surface area contributed by atoms with Gasteiger partial charge in [0, 0.05) is 19.8 Å². The van der Waals surface area contributed by atoms with Crippen molar-refractivity contribution in [1.82, 2.24) is 5.32 Å². The zero-order valence-corrected chi connectivity index (χ0v) is 10.6. The summed E-state index contributed by atoms with van der Waals surface area (Å²) in [5.74, 6) is 0.455. The zero-order chi connectivity index (χ0) is 11.1. The van der Waals surface area contributed by atoms with E-state index in [2.05, 4.69) is 26.0 Å². The summed E-state index contributed by atoms with van der Waals surface area (Å²) in [5, 5.41) is 3.22. The monoisotopic (exact) mass is 279 g/mol. The third-order valence-corrected chi connectivity index (χ3v) is 3.23. The van der Waals surface area contributed by atoms with Gasteiger partial charge in [0.1, 0.15) is 4.83 Å². The molecule has 15 heavy (non-hydrogen) atoms. The van der Waals surface area contributed by atoms with Crippen LogP contribution in [0.1, 0.15) is 12.8 Å². The normalized spacial score (nSPS) is 22.7. The van der Waals surface area contributed by atoms with E-state index < -0.39 is 0 Å². The first-order chi connectivity index (χ1) is 7.24. The average molecular weight is 280 g/mol. The van der Waals surface area contributed by atoms with Gasteiger partial charge >= 0.3 is 5.97 Å². The molecule has 0 amide bonds. The Morgan fingerprint density at radius 1 is 1.73 bits per heavy atom. The van der Waals surface area contributed by atoms with Crippen molar-refractivity contribution in [2.75, 3.05) is 33.4 Å². The highest BCUT2D eigenvalue weighted by atomic mass is 79.9. The molecule has 1 fully saturated rings. The van der Waals surface area contributed by atoms with E-state index in [-0.39, 0.29) is 10.8 Å². The van der Waals surface area contributed by atoms with Crippen LogP contribution in [0.3, 0.4) is 0 Å². The standard InChI is InChI=1S/C10H18BrNO3/c1-14-10(13)9(11)6-12-4-2-8-3-5-15-7-8/h8-9,12H,2-7H2,1H3. The Balaban J connectivity index is 1.98. The lowest BCUT2D eigenvalue weighted by atomic mass is 10.1. The van der Waals surface area contributed by atoms with Crippen molar-refractivity contribution in [3.63, 3.8) is 0 Å². The molecule has 2 unspecified atom stereocenters. The van der Waals surface area contributed by atoms with Crippen LogP contribution in [0.5, 0.6) is 0 Å². The van der Waals surface area contributed by atoms with Crippen LogP contribution in [-0.2, 0) is 14.3 Å². The maximum Gasteiger partial charge on any atom is 0.320 e. The molecule has 1 heterocycles. The van der Waals surface area contributed by atoms with Gasteiger partial charge in [0.2, 0.25) is 0 Å². The molecule has 2 atom stereocenters. The highest BCUT2D eigenvalue weighted by Crippen LogP contribution is 2.15. The maximum atomic E-state index is 11.0. The van der Waals surface area contributed by atoms with Crippen LogP contribution in [-0.4, -0.2) is 44.2 Å². The number of methoxy groups -OCH3 is 1. The molecular weight excluding hydrogens is 262 g/mol. The summed E-state index contributed by atoms with van der Waals surface area (Å²) in [6, 6.07) is 0. The van der Waals surface area contributed by atoms with Gasteiger partial charge in [0.15, 0.2) is 0 Å². The smallest absolute Gasteiger partial charge is 0.320 e. The Hall–Kier alpha value is -0.130. The van der Waals surface area contributed by atoms with Gasteiger partial charge in [-0.05, 0) is 25.3 Å². The maximum absolute atomic E-state index is 11.0. The van der Waals surface area contributed by atoms with Crippen molar-refractivity contribution < 1.29 is 14.3 Å². The third kappa shape index (κ3) is 4.95. The fourth-order valence-corrected chi connectivity index (χ4v) is 1.97. The van der Waals surface area contributed by atoms with E-state index in [9.17, 15) is 4.79 Å². The molecule has 5 heteroatoms. The van der Waals surface area contributed by atoms with Crippen molar-refractivity contribution in [2.45, 2.75) is 17.7 Å². The van der Waals surface area contributed by atoms with Crippen LogP contribution in [0.4, 0.5) is 0 Å². The van der Waals surface area contributed by atoms with Crippen molar-refractivity contribution in [2.24, 2.45) is 5.92 Å². The Bertz CT molecular complexity index is 195. The lowest BCUT2D eigenvalue weighted by molar-refractivity contribution is -0.139.